The fourth-order valence-corrected chi connectivity index (χ4v) is 2.01. The predicted octanol–water partition coefficient (Wildman–Crippen LogP) is 2.09. The smallest absolute Gasteiger partial charge is 0.254 e. The largest absolute Gasteiger partial charge is 0.384 e. The summed E-state index contributed by atoms with van der Waals surface area (Å²) in [5.74, 6) is 5.00. The van der Waals surface area contributed by atoms with E-state index in [1.807, 2.05) is 0 Å². The maximum absolute atomic E-state index is 13.6. The lowest BCUT2D eigenvalue weighted by molar-refractivity contribution is 0.0948. The molecule has 1 aliphatic rings. The zero-order chi connectivity index (χ0) is 14.4. The Hall–Kier alpha value is -1.86. The molecule has 0 spiro atoms. The van der Waals surface area contributed by atoms with Crippen LogP contribution in [0.1, 0.15) is 41.6 Å². The second-order valence-electron chi connectivity index (χ2n) is 5.00. The number of carbonyl (C=O) groups is 1. The number of aliphatic hydroxyl groups excluding tert-OH is 1. The van der Waals surface area contributed by atoms with Gasteiger partial charge < -0.3 is 10.4 Å². The van der Waals surface area contributed by atoms with Gasteiger partial charge in [-0.2, -0.15) is 0 Å². The van der Waals surface area contributed by atoms with Crippen molar-refractivity contribution < 1.29 is 14.3 Å². The molecule has 0 heterocycles. The van der Waals surface area contributed by atoms with Crippen LogP contribution in [0.4, 0.5) is 4.39 Å². The van der Waals surface area contributed by atoms with Crippen LogP contribution < -0.4 is 5.32 Å². The average Bonchev–Trinajstić information content (AvgIpc) is 3.26. The van der Waals surface area contributed by atoms with Gasteiger partial charge in [-0.1, -0.05) is 24.7 Å². The summed E-state index contributed by atoms with van der Waals surface area (Å²) in [7, 11) is 0. The second-order valence-corrected chi connectivity index (χ2v) is 5.00. The highest BCUT2D eigenvalue weighted by Crippen LogP contribution is 2.33. The highest BCUT2D eigenvalue weighted by atomic mass is 19.1. The molecular weight excluding hydrogens is 257 g/mol. The second kappa shape index (κ2) is 7.06. The highest BCUT2D eigenvalue weighted by molar-refractivity contribution is 5.94. The third kappa shape index (κ3) is 4.36. The van der Waals surface area contributed by atoms with E-state index >= 15 is 0 Å². The van der Waals surface area contributed by atoms with E-state index in [1.54, 1.807) is 0 Å². The van der Waals surface area contributed by atoms with Crippen LogP contribution in [0, 0.1) is 23.6 Å². The Balaban J connectivity index is 1.92. The zero-order valence-corrected chi connectivity index (χ0v) is 11.3. The summed E-state index contributed by atoms with van der Waals surface area (Å²) in [5.41, 5.74) is 0.518. The number of nitrogens with one attached hydrogen (secondary N) is 1. The summed E-state index contributed by atoms with van der Waals surface area (Å²) in [6.07, 6.45) is 4.66. The van der Waals surface area contributed by atoms with Gasteiger partial charge in [0.05, 0.1) is 5.56 Å². The van der Waals surface area contributed by atoms with E-state index in [1.165, 1.54) is 31.0 Å². The first kappa shape index (κ1) is 14.5. The van der Waals surface area contributed by atoms with Gasteiger partial charge in [0.25, 0.3) is 5.91 Å². The molecule has 0 unspecified atom stereocenters. The van der Waals surface area contributed by atoms with Crippen molar-refractivity contribution in [1.82, 2.24) is 5.32 Å². The van der Waals surface area contributed by atoms with Gasteiger partial charge in [-0.15, -0.1) is 0 Å². The molecule has 20 heavy (non-hydrogen) atoms. The van der Waals surface area contributed by atoms with Gasteiger partial charge in [0, 0.05) is 12.1 Å². The van der Waals surface area contributed by atoms with Crippen molar-refractivity contribution in [2.45, 2.75) is 25.7 Å². The number of carbonyl (C=O) groups excluding carboxylic acids is 1. The first-order valence-corrected chi connectivity index (χ1v) is 6.88. The Morgan fingerprint density at radius 2 is 2.25 bits per heavy atom. The van der Waals surface area contributed by atoms with Gasteiger partial charge in [0.2, 0.25) is 0 Å². The number of rotatable bonds is 5. The lowest BCUT2D eigenvalue weighted by atomic mass is 10.1. The number of hydrogen-bond acceptors (Lipinski definition) is 2. The van der Waals surface area contributed by atoms with E-state index in [9.17, 15) is 9.18 Å². The molecule has 0 saturated heterocycles. The Bertz CT molecular complexity index is 541. The zero-order valence-electron chi connectivity index (χ0n) is 11.3. The first-order chi connectivity index (χ1) is 9.70. The van der Waals surface area contributed by atoms with Gasteiger partial charge in [-0.25, -0.2) is 4.39 Å². The molecule has 0 atom stereocenters. The van der Waals surface area contributed by atoms with E-state index in [4.69, 9.17) is 5.11 Å². The monoisotopic (exact) mass is 275 g/mol. The van der Waals surface area contributed by atoms with Crippen molar-refractivity contribution in [2.24, 2.45) is 5.92 Å². The Kier molecular flexibility index (Phi) is 5.14. The number of halogens is 1. The normalized spacial score (nSPS) is 13.5. The van der Waals surface area contributed by atoms with Crippen molar-refractivity contribution in [3.63, 3.8) is 0 Å². The molecule has 4 heteroatoms. The van der Waals surface area contributed by atoms with Crippen molar-refractivity contribution >= 4 is 5.91 Å². The molecule has 106 valence electrons. The van der Waals surface area contributed by atoms with Crippen LogP contribution >= 0.6 is 0 Å². The Labute approximate surface area is 118 Å². The summed E-state index contributed by atoms with van der Waals surface area (Å²) in [6.45, 7) is 0.307. The van der Waals surface area contributed by atoms with Crippen molar-refractivity contribution in [3.8, 4) is 11.8 Å². The van der Waals surface area contributed by atoms with Crippen LogP contribution in [0.5, 0.6) is 0 Å². The summed E-state index contributed by atoms with van der Waals surface area (Å²) >= 11 is 0. The maximum Gasteiger partial charge on any atom is 0.254 e. The first-order valence-electron chi connectivity index (χ1n) is 6.88. The van der Waals surface area contributed by atoms with Crippen molar-refractivity contribution in [2.75, 3.05) is 13.2 Å². The number of benzene rings is 1. The van der Waals surface area contributed by atoms with Gasteiger partial charge >= 0.3 is 0 Å². The Morgan fingerprint density at radius 3 is 2.95 bits per heavy atom. The molecule has 0 radical (unpaired) electrons. The third-order valence-corrected chi connectivity index (χ3v) is 3.29. The van der Waals surface area contributed by atoms with Crippen LogP contribution in [-0.2, 0) is 0 Å². The van der Waals surface area contributed by atoms with E-state index in [2.05, 4.69) is 17.2 Å². The van der Waals surface area contributed by atoms with E-state index in [-0.39, 0.29) is 12.2 Å². The molecular formula is C16H18FNO2. The summed E-state index contributed by atoms with van der Waals surface area (Å²) in [5, 5.41) is 11.4. The van der Waals surface area contributed by atoms with Gasteiger partial charge in [0.1, 0.15) is 12.4 Å². The fourth-order valence-electron chi connectivity index (χ4n) is 2.01. The van der Waals surface area contributed by atoms with E-state index in [0.29, 0.717) is 12.1 Å². The topological polar surface area (TPSA) is 49.3 Å². The van der Waals surface area contributed by atoms with E-state index in [0.717, 1.165) is 18.8 Å². The Morgan fingerprint density at radius 1 is 1.45 bits per heavy atom. The predicted molar refractivity (Wildman–Crippen MR) is 74.7 cm³/mol. The molecule has 1 aromatic rings. The summed E-state index contributed by atoms with van der Waals surface area (Å²) in [6, 6.07) is 4.12. The van der Waals surface area contributed by atoms with Crippen LogP contribution in [0.15, 0.2) is 18.2 Å². The quantitative estimate of drug-likeness (QED) is 0.638. The summed E-state index contributed by atoms with van der Waals surface area (Å²) in [4.78, 5) is 11.9. The van der Waals surface area contributed by atoms with Gasteiger partial charge in [-0.05, 0) is 37.0 Å². The van der Waals surface area contributed by atoms with Gasteiger partial charge in [0.15, 0.2) is 0 Å². The lowest BCUT2D eigenvalue weighted by Gasteiger charge is -2.06. The number of amides is 1. The fraction of sp³-hybridized carbons (Fsp3) is 0.438. The molecule has 1 fully saturated rings. The third-order valence-electron chi connectivity index (χ3n) is 3.29. The SMILES string of the molecule is O=C(NCCCC1CC1)c1cc(C#CCO)ccc1F. The summed E-state index contributed by atoms with van der Waals surface area (Å²) < 4.78 is 13.6. The van der Waals surface area contributed by atoms with Crippen molar-refractivity contribution in [3.05, 3.63) is 35.1 Å². The molecule has 0 aliphatic heterocycles. The molecule has 0 bridgehead atoms. The van der Waals surface area contributed by atoms with Crippen LogP contribution in [0.3, 0.4) is 0 Å². The average molecular weight is 275 g/mol. The van der Waals surface area contributed by atoms with Gasteiger partial charge in [-0.3, -0.25) is 4.79 Å². The lowest BCUT2D eigenvalue weighted by Crippen LogP contribution is -2.25. The molecule has 1 aromatic carbocycles. The minimum atomic E-state index is -0.556. The minimum absolute atomic E-state index is 0.00108. The van der Waals surface area contributed by atoms with Crippen molar-refractivity contribution in [1.29, 1.82) is 0 Å². The molecule has 1 amide bonds. The van der Waals surface area contributed by atoms with E-state index < -0.39 is 11.7 Å². The molecule has 0 aromatic heterocycles. The molecule has 1 aliphatic carbocycles. The van der Waals surface area contributed by atoms with Crippen LogP contribution in [-0.4, -0.2) is 24.2 Å². The number of hydrogen-bond donors (Lipinski definition) is 2. The van der Waals surface area contributed by atoms with Crippen LogP contribution in [0.2, 0.25) is 0 Å². The molecule has 3 nitrogen and oxygen atoms in total. The van der Waals surface area contributed by atoms with Crippen LogP contribution in [0.25, 0.3) is 0 Å². The molecule has 2 rings (SSSR count). The maximum atomic E-state index is 13.6. The molecule has 1 saturated carbocycles. The standard InChI is InChI=1S/C16H18FNO2/c17-15-8-7-13(4-2-10-19)11-14(15)16(20)18-9-1-3-12-5-6-12/h7-8,11-12,19H,1,3,5-6,9-10H2,(H,18,20). The number of aliphatic hydroxyl groups is 1. The molecule has 2 N–H and O–H groups in total. The highest BCUT2D eigenvalue weighted by Gasteiger charge is 2.20. The minimum Gasteiger partial charge on any atom is -0.384 e.